The number of anilines is 1. The second kappa shape index (κ2) is 6.59. The van der Waals surface area contributed by atoms with Crippen LogP contribution in [0.15, 0.2) is 42.5 Å². The van der Waals surface area contributed by atoms with Gasteiger partial charge in [0.25, 0.3) is 0 Å². The van der Waals surface area contributed by atoms with E-state index in [4.69, 9.17) is 0 Å². The van der Waals surface area contributed by atoms with Crippen LogP contribution in [0.2, 0.25) is 0 Å². The first kappa shape index (κ1) is 13.9. The minimum absolute atomic E-state index is 0.140. The summed E-state index contributed by atoms with van der Waals surface area (Å²) in [6.07, 6.45) is 3.61. The minimum atomic E-state index is -0.140. The zero-order valence-electron chi connectivity index (χ0n) is 12.1. The lowest BCUT2D eigenvalue weighted by molar-refractivity contribution is 0.249. The summed E-state index contributed by atoms with van der Waals surface area (Å²) in [5.74, 6) is 0. The van der Waals surface area contributed by atoms with Crippen LogP contribution in [0.3, 0.4) is 0 Å². The fourth-order valence-electron chi connectivity index (χ4n) is 2.82. The predicted octanol–water partition coefficient (Wildman–Crippen LogP) is 3.10. The number of urea groups is 1. The maximum absolute atomic E-state index is 12.0. The van der Waals surface area contributed by atoms with Gasteiger partial charge in [0.15, 0.2) is 0 Å². The van der Waals surface area contributed by atoms with E-state index in [-0.39, 0.29) is 6.03 Å². The first-order valence-corrected chi connectivity index (χ1v) is 7.59. The van der Waals surface area contributed by atoms with E-state index in [0.717, 1.165) is 29.4 Å². The molecule has 110 valence electrons. The van der Waals surface area contributed by atoms with Gasteiger partial charge in [0.2, 0.25) is 0 Å². The number of amides is 2. The molecule has 2 amide bonds. The first-order chi connectivity index (χ1) is 10.3. The molecule has 1 heterocycles. The summed E-state index contributed by atoms with van der Waals surface area (Å²) >= 11 is 0. The molecule has 3 N–H and O–H groups in total. The number of carbonyl (C=O) groups is 1. The number of benzene rings is 2. The van der Waals surface area contributed by atoms with Gasteiger partial charge in [-0.25, -0.2) is 4.79 Å². The highest BCUT2D eigenvalue weighted by molar-refractivity contribution is 6.01. The van der Waals surface area contributed by atoms with Gasteiger partial charge in [0, 0.05) is 18.0 Å². The van der Waals surface area contributed by atoms with Crippen molar-refractivity contribution in [1.29, 1.82) is 0 Å². The maximum atomic E-state index is 12.0. The summed E-state index contributed by atoms with van der Waals surface area (Å²) in [6.45, 7) is 1.73. The predicted molar refractivity (Wildman–Crippen MR) is 86.6 cm³/mol. The third kappa shape index (κ3) is 3.52. The Kier molecular flexibility index (Phi) is 4.36. The lowest BCUT2D eigenvalue weighted by Gasteiger charge is -2.23. The highest BCUT2D eigenvalue weighted by Gasteiger charge is 2.13. The van der Waals surface area contributed by atoms with E-state index < -0.39 is 0 Å². The molecule has 1 unspecified atom stereocenters. The van der Waals surface area contributed by atoms with E-state index in [1.54, 1.807) is 0 Å². The molecule has 1 aliphatic heterocycles. The molecule has 3 rings (SSSR count). The number of hydrogen-bond acceptors (Lipinski definition) is 2. The highest BCUT2D eigenvalue weighted by atomic mass is 16.2. The molecule has 1 aliphatic rings. The Balaban J connectivity index is 1.61. The van der Waals surface area contributed by atoms with Crippen molar-refractivity contribution >= 4 is 22.5 Å². The molecular formula is C17H21N3O. The van der Waals surface area contributed by atoms with Crippen molar-refractivity contribution in [3.05, 3.63) is 42.5 Å². The van der Waals surface area contributed by atoms with Gasteiger partial charge < -0.3 is 16.0 Å². The molecule has 4 nitrogen and oxygen atoms in total. The van der Waals surface area contributed by atoms with Crippen molar-refractivity contribution in [2.24, 2.45) is 0 Å². The molecule has 1 saturated heterocycles. The first-order valence-electron chi connectivity index (χ1n) is 7.59. The largest absolute Gasteiger partial charge is 0.336 e. The molecule has 0 aromatic heterocycles. The standard InChI is InChI=1S/C17H21N3O/c21-17(19-12-14-8-3-4-11-18-14)20-16-10-5-7-13-6-1-2-9-15(13)16/h1-2,5-7,9-10,14,18H,3-4,8,11-12H2,(H2,19,20,21). The van der Waals surface area contributed by atoms with Crippen LogP contribution in [0.4, 0.5) is 10.5 Å². The van der Waals surface area contributed by atoms with E-state index in [0.29, 0.717) is 12.6 Å². The number of piperidine rings is 1. The third-order valence-corrected chi connectivity index (χ3v) is 3.96. The van der Waals surface area contributed by atoms with E-state index in [1.165, 1.54) is 12.8 Å². The quantitative estimate of drug-likeness (QED) is 0.810. The van der Waals surface area contributed by atoms with Crippen LogP contribution < -0.4 is 16.0 Å². The maximum Gasteiger partial charge on any atom is 0.319 e. The molecule has 0 aliphatic carbocycles. The van der Waals surface area contributed by atoms with Crippen molar-refractivity contribution in [3.63, 3.8) is 0 Å². The summed E-state index contributed by atoms with van der Waals surface area (Å²) in [7, 11) is 0. The zero-order valence-corrected chi connectivity index (χ0v) is 12.1. The Labute approximate surface area is 124 Å². The fourth-order valence-corrected chi connectivity index (χ4v) is 2.82. The number of fused-ring (bicyclic) bond motifs is 1. The molecule has 21 heavy (non-hydrogen) atoms. The molecule has 2 aromatic carbocycles. The SMILES string of the molecule is O=C(NCC1CCCCN1)Nc1cccc2ccccc12. The average Bonchev–Trinajstić information content (AvgIpc) is 2.54. The topological polar surface area (TPSA) is 53.2 Å². The second-order valence-corrected chi connectivity index (χ2v) is 5.51. The van der Waals surface area contributed by atoms with Crippen molar-refractivity contribution in [2.75, 3.05) is 18.4 Å². The van der Waals surface area contributed by atoms with Gasteiger partial charge in [0.05, 0.1) is 5.69 Å². The highest BCUT2D eigenvalue weighted by Crippen LogP contribution is 2.22. The van der Waals surface area contributed by atoms with Crippen LogP contribution >= 0.6 is 0 Å². The summed E-state index contributed by atoms with van der Waals surface area (Å²) in [5.41, 5.74) is 0.849. The van der Waals surface area contributed by atoms with E-state index in [1.807, 2.05) is 42.5 Å². The van der Waals surface area contributed by atoms with Crippen molar-refractivity contribution in [3.8, 4) is 0 Å². The Morgan fingerprint density at radius 1 is 1.14 bits per heavy atom. The Morgan fingerprint density at radius 3 is 2.86 bits per heavy atom. The molecule has 0 spiro atoms. The summed E-state index contributed by atoms with van der Waals surface area (Å²) < 4.78 is 0. The molecule has 0 saturated carbocycles. The molecular weight excluding hydrogens is 262 g/mol. The van der Waals surface area contributed by atoms with Gasteiger partial charge in [-0.15, -0.1) is 0 Å². The van der Waals surface area contributed by atoms with Crippen LogP contribution in [-0.2, 0) is 0 Å². The zero-order chi connectivity index (χ0) is 14.5. The van der Waals surface area contributed by atoms with Crippen molar-refractivity contribution in [2.45, 2.75) is 25.3 Å². The van der Waals surface area contributed by atoms with Crippen LogP contribution in [0.25, 0.3) is 10.8 Å². The molecule has 0 radical (unpaired) electrons. The molecule has 0 bridgehead atoms. The minimum Gasteiger partial charge on any atom is -0.336 e. The number of nitrogens with one attached hydrogen (secondary N) is 3. The smallest absolute Gasteiger partial charge is 0.319 e. The Morgan fingerprint density at radius 2 is 2.00 bits per heavy atom. The van der Waals surface area contributed by atoms with Crippen LogP contribution in [0, 0.1) is 0 Å². The fraction of sp³-hybridized carbons (Fsp3) is 0.353. The monoisotopic (exact) mass is 283 g/mol. The van der Waals surface area contributed by atoms with Crippen LogP contribution in [0.1, 0.15) is 19.3 Å². The average molecular weight is 283 g/mol. The van der Waals surface area contributed by atoms with E-state index >= 15 is 0 Å². The summed E-state index contributed by atoms with van der Waals surface area (Å²) in [4.78, 5) is 12.0. The molecule has 1 atom stereocenters. The Bertz CT molecular complexity index is 615. The van der Waals surface area contributed by atoms with Gasteiger partial charge in [-0.1, -0.05) is 42.8 Å². The lowest BCUT2D eigenvalue weighted by Crippen LogP contribution is -2.44. The van der Waals surface area contributed by atoms with Gasteiger partial charge in [-0.2, -0.15) is 0 Å². The molecule has 1 fully saturated rings. The van der Waals surface area contributed by atoms with Crippen LogP contribution in [-0.4, -0.2) is 25.2 Å². The van der Waals surface area contributed by atoms with Crippen LogP contribution in [0.5, 0.6) is 0 Å². The summed E-state index contributed by atoms with van der Waals surface area (Å²) in [6, 6.07) is 14.2. The van der Waals surface area contributed by atoms with Gasteiger partial charge in [0.1, 0.15) is 0 Å². The van der Waals surface area contributed by atoms with Gasteiger partial charge >= 0.3 is 6.03 Å². The molecule has 2 aromatic rings. The normalized spacial score (nSPS) is 18.4. The van der Waals surface area contributed by atoms with E-state index in [9.17, 15) is 4.79 Å². The number of rotatable bonds is 3. The number of hydrogen-bond donors (Lipinski definition) is 3. The molecule has 4 heteroatoms. The summed E-state index contributed by atoms with van der Waals surface area (Å²) in [5, 5.41) is 11.5. The second-order valence-electron chi connectivity index (χ2n) is 5.51. The van der Waals surface area contributed by atoms with Crippen molar-refractivity contribution in [1.82, 2.24) is 10.6 Å². The van der Waals surface area contributed by atoms with Gasteiger partial charge in [-0.05, 0) is 30.8 Å². The lowest BCUT2D eigenvalue weighted by atomic mass is 10.1. The number of carbonyl (C=O) groups excluding carboxylic acids is 1. The Hall–Kier alpha value is -2.07. The van der Waals surface area contributed by atoms with E-state index in [2.05, 4.69) is 16.0 Å². The third-order valence-electron chi connectivity index (χ3n) is 3.96. The van der Waals surface area contributed by atoms with Gasteiger partial charge in [-0.3, -0.25) is 0 Å². The van der Waals surface area contributed by atoms with Crippen molar-refractivity contribution < 1.29 is 4.79 Å².